The van der Waals surface area contributed by atoms with Crippen molar-refractivity contribution in [1.29, 1.82) is 0 Å². The maximum Gasteiger partial charge on any atom is 0.0723 e. The summed E-state index contributed by atoms with van der Waals surface area (Å²) < 4.78 is 0. The molecule has 0 aliphatic carbocycles. The van der Waals surface area contributed by atoms with Gasteiger partial charge in [-0.15, -0.1) is 0 Å². The van der Waals surface area contributed by atoms with E-state index in [2.05, 4.69) is 54.4 Å². The molecule has 3 rings (SSSR count). The molecule has 1 aromatic rings. The van der Waals surface area contributed by atoms with Gasteiger partial charge in [-0.25, -0.2) is 0 Å². The minimum Gasteiger partial charge on any atom is -0.391 e. The van der Waals surface area contributed by atoms with Crippen molar-refractivity contribution in [2.75, 3.05) is 13.1 Å². The van der Waals surface area contributed by atoms with Crippen LogP contribution >= 0.6 is 0 Å². The van der Waals surface area contributed by atoms with Crippen LogP contribution in [0.2, 0.25) is 0 Å². The number of aliphatic hydroxyl groups excluding tert-OH is 1. The van der Waals surface area contributed by atoms with Crippen molar-refractivity contribution in [3.8, 4) is 0 Å². The zero-order chi connectivity index (χ0) is 12.8. The first-order valence-electron chi connectivity index (χ1n) is 6.83. The van der Waals surface area contributed by atoms with Gasteiger partial charge in [0.2, 0.25) is 0 Å². The second-order valence-corrected chi connectivity index (χ2v) is 6.01. The third kappa shape index (κ3) is 1.78. The Morgan fingerprint density at radius 1 is 1.22 bits per heavy atom. The largest absolute Gasteiger partial charge is 0.391 e. The van der Waals surface area contributed by atoms with Crippen molar-refractivity contribution < 1.29 is 5.11 Å². The molecule has 0 radical (unpaired) electrons. The zero-order valence-corrected chi connectivity index (χ0v) is 11.1. The maximum absolute atomic E-state index is 10.2. The van der Waals surface area contributed by atoms with Gasteiger partial charge in [-0.05, 0) is 25.8 Å². The van der Waals surface area contributed by atoms with E-state index in [-0.39, 0.29) is 17.7 Å². The number of piperazine rings is 1. The van der Waals surface area contributed by atoms with Crippen molar-refractivity contribution in [3.05, 3.63) is 35.9 Å². The molecule has 3 atom stereocenters. The maximum atomic E-state index is 10.2. The van der Waals surface area contributed by atoms with Gasteiger partial charge in [0.1, 0.15) is 0 Å². The highest BCUT2D eigenvalue weighted by Crippen LogP contribution is 2.39. The lowest BCUT2D eigenvalue weighted by atomic mass is 9.89. The van der Waals surface area contributed by atoms with Crippen LogP contribution in [0.25, 0.3) is 0 Å². The number of nitrogens with zero attached hydrogens (tertiary/aromatic N) is 1. The lowest BCUT2D eigenvalue weighted by Crippen LogP contribution is -2.59. The Morgan fingerprint density at radius 3 is 2.61 bits per heavy atom. The molecule has 2 heterocycles. The van der Waals surface area contributed by atoms with Crippen molar-refractivity contribution in [1.82, 2.24) is 10.2 Å². The average molecular weight is 246 g/mol. The molecule has 2 N–H and O–H groups in total. The van der Waals surface area contributed by atoms with Crippen molar-refractivity contribution in [2.24, 2.45) is 0 Å². The normalized spacial score (nSPS) is 32.7. The summed E-state index contributed by atoms with van der Waals surface area (Å²) in [6.07, 6.45) is 0.710. The van der Waals surface area contributed by atoms with Gasteiger partial charge in [0.25, 0.3) is 0 Å². The number of benzene rings is 1. The highest BCUT2D eigenvalue weighted by molar-refractivity contribution is 5.25. The summed E-state index contributed by atoms with van der Waals surface area (Å²) >= 11 is 0. The smallest absolute Gasteiger partial charge is 0.0723 e. The van der Waals surface area contributed by atoms with Gasteiger partial charge in [-0.3, -0.25) is 4.90 Å². The van der Waals surface area contributed by atoms with Crippen molar-refractivity contribution in [2.45, 2.75) is 44.0 Å². The minimum absolute atomic E-state index is 0.0177. The Labute approximate surface area is 109 Å². The topological polar surface area (TPSA) is 35.5 Å². The molecule has 0 unspecified atom stereocenters. The van der Waals surface area contributed by atoms with E-state index in [9.17, 15) is 5.11 Å². The van der Waals surface area contributed by atoms with Gasteiger partial charge in [-0.1, -0.05) is 30.3 Å². The lowest BCUT2D eigenvalue weighted by Gasteiger charge is -2.46. The van der Waals surface area contributed by atoms with Gasteiger partial charge in [0.05, 0.1) is 6.10 Å². The van der Waals surface area contributed by atoms with E-state index < -0.39 is 0 Å². The predicted molar refractivity (Wildman–Crippen MR) is 72.4 cm³/mol. The fourth-order valence-corrected chi connectivity index (χ4v) is 3.69. The third-order valence-corrected chi connectivity index (χ3v) is 4.57. The first-order valence-corrected chi connectivity index (χ1v) is 6.83. The molecule has 0 amide bonds. The molecule has 0 aromatic heterocycles. The Balaban J connectivity index is 1.94. The second kappa shape index (κ2) is 4.34. The number of hydrogen-bond donors (Lipinski definition) is 2. The molecule has 2 saturated heterocycles. The standard InChI is InChI=1S/C15H22N2O/c1-15(2,11-6-4-3-5-7-11)17-12-8-14(18)13(17)10-16-9-12/h3-7,12-14,16,18H,8-10H2,1-2H3/t12-,13-,14-/m1/s1. The second-order valence-electron chi connectivity index (χ2n) is 6.01. The monoisotopic (exact) mass is 246 g/mol. The molecule has 1 aromatic carbocycles. The van der Waals surface area contributed by atoms with Crippen LogP contribution < -0.4 is 5.32 Å². The number of aliphatic hydroxyl groups is 1. The molecule has 0 spiro atoms. The lowest BCUT2D eigenvalue weighted by molar-refractivity contribution is 0.0143. The first kappa shape index (κ1) is 12.2. The van der Waals surface area contributed by atoms with Gasteiger partial charge in [-0.2, -0.15) is 0 Å². The quantitative estimate of drug-likeness (QED) is 0.826. The molecule has 3 heteroatoms. The highest BCUT2D eigenvalue weighted by atomic mass is 16.3. The SMILES string of the molecule is CC(C)(c1ccccc1)N1[C@H]2CNC[C@@H]1[C@H](O)C2. The number of nitrogens with one attached hydrogen (secondary N) is 1. The molecule has 98 valence electrons. The summed E-state index contributed by atoms with van der Waals surface area (Å²) in [7, 11) is 0. The summed E-state index contributed by atoms with van der Waals surface area (Å²) in [5.74, 6) is 0. The Bertz CT molecular complexity index is 418. The molecule has 2 aliphatic rings. The van der Waals surface area contributed by atoms with E-state index in [0.717, 1.165) is 19.5 Å². The molecule has 0 saturated carbocycles. The first-order chi connectivity index (χ1) is 8.60. The average Bonchev–Trinajstić information content (AvgIpc) is 2.58. The van der Waals surface area contributed by atoms with E-state index in [0.29, 0.717) is 6.04 Å². The molecule has 3 nitrogen and oxygen atoms in total. The molecule has 18 heavy (non-hydrogen) atoms. The predicted octanol–water partition coefficient (Wildman–Crippen LogP) is 1.33. The van der Waals surface area contributed by atoms with E-state index in [1.54, 1.807) is 0 Å². The fraction of sp³-hybridized carbons (Fsp3) is 0.600. The Kier molecular flexibility index (Phi) is 2.93. The molecular formula is C15H22N2O. The number of rotatable bonds is 2. The summed E-state index contributed by atoms with van der Waals surface area (Å²) in [5.41, 5.74) is 1.31. The van der Waals surface area contributed by atoms with Crippen LogP contribution in [0.1, 0.15) is 25.8 Å². The van der Waals surface area contributed by atoms with Crippen LogP contribution in [0.4, 0.5) is 0 Å². The number of fused-ring (bicyclic) bond motifs is 2. The van der Waals surface area contributed by atoms with Gasteiger partial charge in [0.15, 0.2) is 0 Å². The van der Waals surface area contributed by atoms with E-state index in [1.165, 1.54) is 5.56 Å². The minimum atomic E-state index is -0.187. The third-order valence-electron chi connectivity index (χ3n) is 4.57. The van der Waals surface area contributed by atoms with Crippen LogP contribution in [-0.2, 0) is 5.54 Å². The van der Waals surface area contributed by atoms with Crippen LogP contribution in [0, 0.1) is 0 Å². The summed E-state index contributed by atoms with van der Waals surface area (Å²) in [5, 5.41) is 13.6. The van der Waals surface area contributed by atoms with E-state index >= 15 is 0 Å². The van der Waals surface area contributed by atoms with Crippen molar-refractivity contribution >= 4 is 0 Å². The highest BCUT2D eigenvalue weighted by Gasteiger charge is 2.49. The van der Waals surface area contributed by atoms with Crippen LogP contribution in [-0.4, -0.2) is 41.3 Å². The van der Waals surface area contributed by atoms with Crippen LogP contribution in [0.3, 0.4) is 0 Å². The molecular weight excluding hydrogens is 224 g/mol. The van der Waals surface area contributed by atoms with Gasteiger partial charge in [0, 0.05) is 30.7 Å². The molecule has 2 aliphatic heterocycles. The number of hydrogen-bond acceptors (Lipinski definition) is 3. The Morgan fingerprint density at radius 2 is 1.94 bits per heavy atom. The van der Waals surface area contributed by atoms with Crippen LogP contribution in [0.5, 0.6) is 0 Å². The van der Waals surface area contributed by atoms with Gasteiger partial charge >= 0.3 is 0 Å². The van der Waals surface area contributed by atoms with Gasteiger partial charge < -0.3 is 10.4 Å². The zero-order valence-electron chi connectivity index (χ0n) is 11.1. The molecule has 2 bridgehead atoms. The summed E-state index contributed by atoms with van der Waals surface area (Å²) in [4.78, 5) is 2.52. The fourth-order valence-electron chi connectivity index (χ4n) is 3.69. The van der Waals surface area contributed by atoms with E-state index in [4.69, 9.17) is 0 Å². The Hall–Kier alpha value is -0.900. The summed E-state index contributed by atoms with van der Waals surface area (Å²) in [6.45, 7) is 6.43. The molecule has 2 fully saturated rings. The van der Waals surface area contributed by atoms with Crippen molar-refractivity contribution in [3.63, 3.8) is 0 Å². The van der Waals surface area contributed by atoms with Crippen LogP contribution in [0.15, 0.2) is 30.3 Å². The summed E-state index contributed by atoms with van der Waals surface area (Å²) in [6, 6.07) is 11.3. The van der Waals surface area contributed by atoms with E-state index in [1.807, 2.05) is 0 Å².